The molecule has 4 rings (SSSR count). The second kappa shape index (κ2) is 9.58. The number of hydrogen-bond donors (Lipinski definition) is 0. The van der Waals surface area contributed by atoms with E-state index in [4.69, 9.17) is 14.0 Å². The Morgan fingerprint density at radius 1 is 0.852 bits per heavy atom. The third kappa shape index (κ3) is 4.96. The summed E-state index contributed by atoms with van der Waals surface area (Å²) in [5.74, 6) is 1.36. The van der Waals surface area contributed by atoms with Crippen LogP contribution in [0.5, 0.6) is 0 Å². The van der Waals surface area contributed by atoms with Gasteiger partial charge in [0.05, 0.1) is 24.8 Å². The molecule has 0 unspecified atom stereocenters. The molecule has 1 aromatic carbocycles. The first-order chi connectivity index (χ1) is 13.3. The molecule has 27 heavy (non-hydrogen) atoms. The van der Waals surface area contributed by atoms with Crippen LogP contribution < -0.4 is 0 Å². The monoisotopic (exact) mass is 370 g/mol. The fraction of sp³-hybridized carbons (Fsp3) is 0.739. The smallest absolute Gasteiger partial charge is 0.404 e. The summed E-state index contributed by atoms with van der Waals surface area (Å²) in [5, 5.41) is 0. The van der Waals surface area contributed by atoms with Gasteiger partial charge in [-0.25, -0.2) is 0 Å². The molecule has 2 aliphatic carbocycles. The number of hydrogen-bond acceptors (Lipinski definition) is 3. The van der Waals surface area contributed by atoms with Gasteiger partial charge >= 0.3 is 7.12 Å². The van der Waals surface area contributed by atoms with E-state index >= 15 is 0 Å². The van der Waals surface area contributed by atoms with E-state index in [1.54, 1.807) is 0 Å². The van der Waals surface area contributed by atoms with E-state index in [1.165, 1.54) is 69.8 Å². The van der Waals surface area contributed by atoms with Gasteiger partial charge in [0.1, 0.15) is 0 Å². The van der Waals surface area contributed by atoms with Gasteiger partial charge in [-0.05, 0) is 50.0 Å². The van der Waals surface area contributed by atoms with Crippen molar-refractivity contribution in [2.75, 3.05) is 0 Å². The van der Waals surface area contributed by atoms with E-state index in [0.29, 0.717) is 18.4 Å². The second-order valence-electron chi connectivity index (χ2n) is 8.87. The molecule has 0 N–H and O–H groups in total. The first kappa shape index (κ1) is 19.5. The number of ether oxygens (including phenoxy) is 1. The van der Waals surface area contributed by atoms with Crippen molar-refractivity contribution in [1.82, 2.24) is 0 Å². The van der Waals surface area contributed by atoms with E-state index in [2.05, 4.69) is 31.2 Å². The van der Waals surface area contributed by atoms with E-state index in [0.717, 1.165) is 0 Å². The highest BCUT2D eigenvalue weighted by molar-refractivity contribution is 6.46. The Hall–Kier alpha value is -0.835. The fourth-order valence-corrected chi connectivity index (χ4v) is 5.28. The van der Waals surface area contributed by atoms with Crippen LogP contribution in [0.3, 0.4) is 0 Å². The normalized spacial score (nSPS) is 29.1. The standard InChI is InChI=1S/C23H35BO3/c1-18(25-17-19-11-5-2-6-12-19)24-26-22(20-13-7-3-8-14-20)23(27-24)21-15-9-4-10-16-21/h2,5-6,11-12,18,20-23H,3-4,7-10,13-17H2,1H3/t18-,22-,23-/m0/s1. The molecule has 0 amide bonds. The second-order valence-corrected chi connectivity index (χ2v) is 8.87. The molecule has 1 heterocycles. The summed E-state index contributed by atoms with van der Waals surface area (Å²) in [6, 6.07) is 10.3. The van der Waals surface area contributed by atoms with Gasteiger partial charge in [-0.15, -0.1) is 0 Å². The first-order valence-corrected chi connectivity index (χ1v) is 11.3. The van der Waals surface area contributed by atoms with Crippen molar-refractivity contribution in [3.8, 4) is 0 Å². The molecule has 3 nitrogen and oxygen atoms in total. The molecule has 3 fully saturated rings. The van der Waals surface area contributed by atoms with Crippen LogP contribution in [-0.2, 0) is 20.7 Å². The molecular weight excluding hydrogens is 335 g/mol. The summed E-state index contributed by atoms with van der Waals surface area (Å²) in [4.78, 5) is 0. The summed E-state index contributed by atoms with van der Waals surface area (Å²) in [7, 11) is -0.215. The van der Waals surface area contributed by atoms with E-state index in [-0.39, 0.29) is 25.3 Å². The summed E-state index contributed by atoms with van der Waals surface area (Å²) in [6.07, 6.45) is 14.0. The fourth-order valence-electron chi connectivity index (χ4n) is 5.28. The van der Waals surface area contributed by atoms with Crippen molar-refractivity contribution in [2.45, 2.75) is 96.0 Å². The van der Waals surface area contributed by atoms with Crippen molar-refractivity contribution >= 4 is 7.12 Å². The van der Waals surface area contributed by atoms with Gasteiger partial charge in [0, 0.05) is 0 Å². The van der Waals surface area contributed by atoms with Crippen molar-refractivity contribution in [1.29, 1.82) is 0 Å². The third-order valence-corrected chi connectivity index (χ3v) is 6.87. The molecule has 0 radical (unpaired) electrons. The average molecular weight is 370 g/mol. The van der Waals surface area contributed by atoms with Crippen LogP contribution in [0.25, 0.3) is 0 Å². The SMILES string of the molecule is C[C@H](OCc1ccccc1)B1O[C@@H](C2CCCCC2)[C@H](C2CCCCC2)O1. The van der Waals surface area contributed by atoms with E-state index in [9.17, 15) is 0 Å². The zero-order chi connectivity index (χ0) is 18.5. The lowest BCUT2D eigenvalue weighted by Gasteiger charge is -2.35. The maximum atomic E-state index is 6.57. The predicted molar refractivity (Wildman–Crippen MR) is 109 cm³/mol. The molecule has 0 aromatic heterocycles. The number of benzene rings is 1. The van der Waals surface area contributed by atoms with Crippen LogP contribution in [0.2, 0.25) is 0 Å². The molecule has 1 aliphatic heterocycles. The topological polar surface area (TPSA) is 27.7 Å². The van der Waals surface area contributed by atoms with Gasteiger partial charge in [0.2, 0.25) is 0 Å². The highest BCUT2D eigenvalue weighted by Crippen LogP contribution is 2.40. The van der Waals surface area contributed by atoms with E-state index < -0.39 is 0 Å². The van der Waals surface area contributed by atoms with Crippen molar-refractivity contribution in [3.05, 3.63) is 35.9 Å². The van der Waals surface area contributed by atoms with Gasteiger partial charge in [-0.3, -0.25) is 0 Å². The highest BCUT2D eigenvalue weighted by Gasteiger charge is 2.49. The highest BCUT2D eigenvalue weighted by atomic mass is 16.7. The molecule has 3 atom stereocenters. The maximum Gasteiger partial charge on any atom is 0.488 e. The summed E-state index contributed by atoms with van der Waals surface area (Å²) in [5.41, 5.74) is 1.20. The molecule has 2 saturated carbocycles. The molecule has 1 saturated heterocycles. The zero-order valence-corrected chi connectivity index (χ0v) is 16.9. The molecular formula is C23H35BO3. The summed E-state index contributed by atoms with van der Waals surface area (Å²) >= 11 is 0. The van der Waals surface area contributed by atoms with Gasteiger partial charge in [-0.2, -0.15) is 0 Å². The van der Waals surface area contributed by atoms with Crippen LogP contribution in [0, 0.1) is 11.8 Å². The van der Waals surface area contributed by atoms with Gasteiger partial charge in [-0.1, -0.05) is 68.9 Å². The lowest BCUT2D eigenvalue weighted by Crippen LogP contribution is -2.38. The van der Waals surface area contributed by atoms with E-state index in [1.807, 2.05) is 6.07 Å². The zero-order valence-electron chi connectivity index (χ0n) is 16.9. The Kier molecular flexibility index (Phi) is 6.91. The van der Waals surface area contributed by atoms with Crippen molar-refractivity contribution in [2.24, 2.45) is 11.8 Å². The Labute approximate surface area is 165 Å². The van der Waals surface area contributed by atoms with Gasteiger partial charge in [0.15, 0.2) is 0 Å². The number of rotatable bonds is 6. The molecule has 1 aromatic rings. The molecule has 0 bridgehead atoms. The van der Waals surface area contributed by atoms with Crippen LogP contribution in [0.15, 0.2) is 30.3 Å². The van der Waals surface area contributed by atoms with Gasteiger partial charge in [0.25, 0.3) is 0 Å². The van der Waals surface area contributed by atoms with Crippen molar-refractivity contribution in [3.63, 3.8) is 0 Å². The van der Waals surface area contributed by atoms with Crippen LogP contribution >= 0.6 is 0 Å². The summed E-state index contributed by atoms with van der Waals surface area (Å²) < 4.78 is 19.3. The minimum atomic E-state index is -0.215. The minimum Gasteiger partial charge on any atom is -0.404 e. The molecule has 3 aliphatic rings. The lowest BCUT2D eigenvalue weighted by atomic mass is 9.77. The average Bonchev–Trinajstić information content (AvgIpc) is 3.20. The largest absolute Gasteiger partial charge is 0.488 e. The first-order valence-electron chi connectivity index (χ1n) is 11.3. The Morgan fingerprint density at radius 3 is 1.89 bits per heavy atom. The molecule has 0 spiro atoms. The Morgan fingerprint density at radius 2 is 1.37 bits per heavy atom. The van der Waals surface area contributed by atoms with Crippen LogP contribution in [0.4, 0.5) is 0 Å². The predicted octanol–water partition coefficient (Wildman–Crippen LogP) is 5.56. The van der Waals surface area contributed by atoms with Gasteiger partial charge < -0.3 is 14.0 Å². The quantitative estimate of drug-likeness (QED) is 0.613. The van der Waals surface area contributed by atoms with Crippen LogP contribution in [-0.4, -0.2) is 25.3 Å². The van der Waals surface area contributed by atoms with Crippen LogP contribution in [0.1, 0.15) is 76.7 Å². The lowest BCUT2D eigenvalue weighted by molar-refractivity contribution is 0.0324. The summed E-state index contributed by atoms with van der Waals surface area (Å²) in [6.45, 7) is 2.72. The Balaban J connectivity index is 1.39. The molecule has 4 heteroatoms. The molecule has 148 valence electrons. The third-order valence-electron chi connectivity index (χ3n) is 6.87. The maximum absolute atomic E-state index is 6.57. The van der Waals surface area contributed by atoms with Crippen molar-refractivity contribution < 1.29 is 14.0 Å². The minimum absolute atomic E-state index is 0.0371. The Bertz CT molecular complexity index is 528.